The molecule has 0 aliphatic rings. The molecule has 0 aromatic heterocycles. The van der Waals surface area contributed by atoms with Crippen LogP contribution >= 0.6 is 0 Å². The van der Waals surface area contributed by atoms with Crippen LogP contribution in [0, 0.1) is 13.8 Å². The maximum atomic E-state index is 12.6. The number of hydrogen-bond acceptors (Lipinski definition) is 5. The van der Waals surface area contributed by atoms with Gasteiger partial charge in [0.15, 0.2) is 0 Å². The Kier molecular flexibility index (Phi) is 9.01. The van der Waals surface area contributed by atoms with Crippen LogP contribution in [0.25, 0.3) is 0 Å². The minimum atomic E-state index is -0.453. The van der Waals surface area contributed by atoms with Crippen LogP contribution in [-0.4, -0.2) is 24.4 Å². The molecule has 0 heterocycles. The topological polar surface area (TPSA) is 93.7 Å². The maximum Gasteiger partial charge on any atom is 0.308 e. The number of carbonyl (C=O) groups excluding carboxylic acids is 3. The highest BCUT2D eigenvalue weighted by Gasteiger charge is 2.10. The quantitative estimate of drug-likeness (QED) is 0.246. The first-order valence-corrected chi connectivity index (χ1v) is 11.5. The van der Waals surface area contributed by atoms with Gasteiger partial charge in [-0.3, -0.25) is 14.4 Å². The van der Waals surface area contributed by atoms with Gasteiger partial charge in [0.2, 0.25) is 5.91 Å². The van der Waals surface area contributed by atoms with Gasteiger partial charge in [-0.05, 0) is 67.3 Å². The molecule has 0 aliphatic carbocycles. The van der Waals surface area contributed by atoms with Crippen molar-refractivity contribution in [2.24, 2.45) is 0 Å². The number of aryl methyl sites for hydroxylation is 2. The molecule has 3 rings (SSSR count). The predicted octanol–water partition coefficient (Wildman–Crippen LogP) is 4.96. The number of rotatable bonds is 10. The molecule has 35 heavy (non-hydrogen) atoms. The molecule has 0 aliphatic heterocycles. The number of hydrogen-bond donors (Lipinski definition) is 2. The minimum absolute atomic E-state index is 0.0631. The molecular formula is C28H30N2O5. The molecule has 0 atom stereocenters. The molecule has 3 aromatic rings. The van der Waals surface area contributed by atoms with E-state index in [4.69, 9.17) is 9.47 Å². The first-order chi connectivity index (χ1) is 16.8. The fourth-order valence-corrected chi connectivity index (χ4v) is 3.55. The third-order valence-electron chi connectivity index (χ3n) is 5.24. The third-order valence-corrected chi connectivity index (χ3v) is 5.24. The van der Waals surface area contributed by atoms with Gasteiger partial charge in [0.25, 0.3) is 5.91 Å². The van der Waals surface area contributed by atoms with E-state index in [1.165, 1.54) is 13.0 Å². The summed E-state index contributed by atoms with van der Waals surface area (Å²) in [6.45, 7) is 6.14. The van der Waals surface area contributed by atoms with Crippen LogP contribution in [0.5, 0.6) is 11.5 Å². The number of amides is 2. The van der Waals surface area contributed by atoms with E-state index in [0.29, 0.717) is 43.0 Å². The van der Waals surface area contributed by atoms with Crippen molar-refractivity contribution >= 4 is 23.5 Å². The summed E-state index contributed by atoms with van der Waals surface area (Å²) in [5.74, 6) is 0.341. The van der Waals surface area contributed by atoms with Gasteiger partial charge in [-0.1, -0.05) is 36.4 Å². The van der Waals surface area contributed by atoms with Crippen LogP contribution in [0.2, 0.25) is 0 Å². The molecule has 7 nitrogen and oxygen atoms in total. The van der Waals surface area contributed by atoms with E-state index in [2.05, 4.69) is 10.6 Å². The van der Waals surface area contributed by atoms with Crippen LogP contribution in [0.1, 0.15) is 46.8 Å². The van der Waals surface area contributed by atoms with Crippen molar-refractivity contribution in [2.45, 2.75) is 40.2 Å². The monoisotopic (exact) mass is 474 g/mol. The van der Waals surface area contributed by atoms with Crippen molar-refractivity contribution in [3.05, 3.63) is 89.0 Å². The predicted molar refractivity (Wildman–Crippen MR) is 135 cm³/mol. The van der Waals surface area contributed by atoms with Gasteiger partial charge >= 0.3 is 5.97 Å². The molecule has 7 heteroatoms. The standard InChI is InChI=1S/C28H30N2O5/c1-19-8-4-9-20(2)27(19)34-15-7-14-26(32)29-18-22-10-5-12-24(16-22)30-28(33)23-11-6-13-25(17-23)35-21(3)31/h4-6,8-13,16-17H,7,14-15,18H2,1-3H3,(H,29,32)(H,30,33). The van der Waals surface area contributed by atoms with E-state index in [0.717, 1.165) is 22.4 Å². The zero-order chi connectivity index (χ0) is 25.2. The summed E-state index contributed by atoms with van der Waals surface area (Å²) < 4.78 is 10.9. The summed E-state index contributed by atoms with van der Waals surface area (Å²) in [6, 6.07) is 19.7. The SMILES string of the molecule is CC(=O)Oc1cccc(C(=O)Nc2cccc(CNC(=O)CCCOc3c(C)cccc3C)c2)c1. The highest BCUT2D eigenvalue weighted by molar-refractivity contribution is 6.04. The maximum absolute atomic E-state index is 12.6. The number of para-hydroxylation sites is 1. The number of benzene rings is 3. The molecule has 0 bridgehead atoms. The summed E-state index contributed by atoms with van der Waals surface area (Å²) in [4.78, 5) is 36.0. The molecule has 2 amide bonds. The smallest absolute Gasteiger partial charge is 0.308 e. The second kappa shape index (κ2) is 12.4. The summed E-state index contributed by atoms with van der Waals surface area (Å²) in [5.41, 5.74) is 3.99. The van der Waals surface area contributed by atoms with Gasteiger partial charge in [-0.25, -0.2) is 0 Å². The van der Waals surface area contributed by atoms with Crippen molar-refractivity contribution in [3.8, 4) is 11.5 Å². The first kappa shape index (κ1) is 25.5. The van der Waals surface area contributed by atoms with Crippen molar-refractivity contribution < 1.29 is 23.9 Å². The molecule has 0 saturated heterocycles. The Labute approximate surface area is 205 Å². The van der Waals surface area contributed by atoms with Crippen LogP contribution in [0.3, 0.4) is 0 Å². The first-order valence-electron chi connectivity index (χ1n) is 11.5. The molecule has 0 unspecified atom stereocenters. The Hall–Kier alpha value is -4.13. The Balaban J connectivity index is 1.45. The summed E-state index contributed by atoms with van der Waals surface area (Å²) >= 11 is 0. The van der Waals surface area contributed by atoms with E-state index in [9.17, 15) is 14.4 Å². The lowest BCUT2D eigenvalue weighted by atomic mass is 10.1. The lowest BCUT2D eigenvalue weighted by Crippen LogP contribution is -2.23. The fraction of sp³-hybridized carbons (Fsp3) is 0.250. The number of ether oxygens (including phenoxy) is 2. The van der Waals surface area contributed by atoms with E-state index >= 15 is 0 Å². The Morgan fingerprint density at radius 2 is 1.60 bits per heavy atom. The molecule has 0 spiro atoms. The molecule has 182 valence electrons. The summed E-state index contributed by atoms with van der Waals surface area (Å²) in [7, 11) is 0. The normalized spacial score (nSPS) is 10.4. The van der Waals surface area contributed by atoms with Gasteiger partial charge in [0.1, 0.15) is 11.5 Å². The Morgan fingerprint density at radius 3 is 2.34 bits per heavy atom. The molecule has 0 fully saturated rings. The van der Waals surface area contributed by atoms with Crippen LogP contribution in [0.15, 0.2) is 66.7 Å². The molecule has 0 radical (unpaired) electrons. The number of anilines is 1. The van der Waals surface area contributed by atoms with Crippen molar-refractivity contribution in [1.82, 2.24) is 5.32 Å². The van der Waals surface area contributed by atoms with E-state index in [-0.39, 0.29) is 11.8 Å². The summed E-state index contributed by atoms with van der Waals surface area (Å²) in [5, 5.41) is 5.73. The number of nitrogens with one attached hydrogen (secondary N) is 2. The Bertz CT molecular complexity index is 1190. The second-order valence-electron chi connectivity index (χ2n) is 8.23. The molecular weight excluding hydrogens is 444 g/mol. The van der Waals surface area contributed by atoms with Gasteiger partial charge in [-0.2, -0.15) is 0 Å². The average Bonchev–Trinajstić information content (AvgIpc) is 2.82. The number of carbonyl (C=O) groups is 3. The van der Waals surface area contributed by atoms with Gasteiger partial charge in [-0.15, -0.1) is 0 Å². The number of esters is 1. The highest BCUT2D eigenvalue weighted by atomic mass is 16.5. The fourth-order valence-electron chi connectivity index (χ4n) is 3.55. The largest absolute Gasteiger partial charge is 0.493 e. The van der Waals surface area contributed by atoms with Crippen molar-refractivity contribution in [1.29, 1.82) is 0 Å². The van der Waals surface area contributed by atoms with Crippen LogP contribution < -0.4 is 20.1 Å². The molecule has 3 aromatic carbocycles. The van der Waals surface area contributed by atoms with E-state index in [1.807, 2.05) is 44.2 Å². The molecule has 0 saturated carbocycles. The summed E-state index contributed by atoms with van der Waals surface area (Å²) in [6.07, 6.45) is 0.974. The zero-order valence-corrected chi connectivity index (χ0v) is 20.2. The van der Waals surface area contributed by atoms with Crippen LogP contribution in [0.4, 0.5) is 5.69 Å². The van der Waals surface area contributed by atoms with Gasteiger partial charge < -0.3 is 20.1 Å². The van der Waals surface area contributed by atoms with Crippen molar-refractivity contribution in [3.63, 3.8) is 0 Å². The van der Waals surface area contributed by atoms with E-state index in [1.54, 1.807) is 30.3 Å². The third kappa shape index (κ3) is 7.99. The lowest BCUT2D eigenvalue weighted by molar-refractivity contribution is -0.131. The van der Waals surface area contributed by atoms with E-state index < -0.39 is 5.97 Å². The average molecular weight is 475 g/mol. The Morgan fingerprint density at radius 1 is 0.886 bits per heavy atom. The molecule has 2 N–H and O–H groups in total. The van der Waals surface area contributed by atoms with Crippen molar-refractivity contribution in [2.75, 3.05) is 11.9 Å². The lowest BCUT2D eigenvalue weighted by Gasteiger charge is -2.12. The van der Waals surface area contributed by atoms with Gasteiger partial charge in [0, 0.05) is 31.1 Å². The van der Waals surface area contributed by atoms with Crippen LogP contribution in [-0.2, 0) is 16.1 Å². The zero-order valence-electron chi connectivity index (χ0n) is 20.2. The minimum Gasteiger partial charge on any atom is -0.493 e. The van der Waals surface area contributed by atoms with Gasteiger partial charge in [0.05, 0.1) is 6.61 Å². The second-order valence-corrected chi connectivity index (χ2v) is 8.23. The highest BCUT2D eigenvalue weighted by Crippen LogP contribution is 2.22.